The number of hydrogen-bond donors (Lipinski definition) is 1. The largest absolute Gasteiger partial charge is 0.486 e. The Bertz CT molecular complexity index is 506. The lowest BCUT2D eigenvalue weighted by Gasteiger charge is -2.08. The number of hydrogen-bond acceptors (Lipinski definition) is 4. The lowest BCUT2D eigenvalue weighted by atomic mass is 10.3. The van der Waals surface area contributed by atoms with Gasteiger partial charge in [0.15, 0.2) is 5.82 Å². The fraction of sp³-hybridized carbons (Fsp3) is 0.333. The van der Waals surface area contributed by atoms with E-state index in [1.54, 1.807) is 12.4 Å². The van der Waals surface area contributed by atoms with Crippen molar-refractivity contribution >= 4 is 21.6 Å². The maximum atomic E-state index is 5.74. The average molecular weight is 311 g/mol. The van der Waals surface area contributed by atoms with E-state index < -0.39 is 0 Å². The van der Waals surface area contributed by atoms with Crippen molar-refractivity contribution in [2.24, 2.45) is 0 Å². The summed E-state index contributed by atoms with van der Waals surface area (Å²) in [7, 11) is 0. The second-order valence-corrected chi connectivity index (χ2v) is 4.82. The number of nitrogens with two attached hydrogens (primary N) is 1. The molecule has 2 N–H and O–H groups in total. The van der Waals surface area contributed by atoms with E-state index in [0.29, 0.717) is 18.0 Å². The van der Waals surface area contributed by atoms with Crippen LogP contribution in [-0.2, 0) is 13.2 Å². The van der Waals surface area contributed by atoms with Crippen LogP contribution in [0.4, 0.5) is 5.69 Å². The lowest BCUT2D eigenvalue weighted by molar-refractivity contribution is 0.286. The number of nitrogen functional groups attached to an aromatic ring is 1. The molecule has 5 nitrogen and oxygen atoms in total. The Morgan fingerprint density at radius 2 is 2.22 bits per heavy atom. The zero-order chi connectivity index (χ0) is 13.0. The summed E-state index contributed by atoms with van der Waals surface area (Å²) >= 11 is 3.38. The van der Waals surface area contributed by atoms with Crippen molar-refractivity contribution in [2.45, 2.75) is 26.5 Å². The Balaban J connectivity index is 2.04. The summed E-state index contributed by atoms with van der Waals surface area (Å²) in [5, 5.41) is 4.14. The van der Waals surface area contributed by atoms with Crippen LogP contribution in [0, 0.1) is 0 Å². The number of anilines is 1. The quantitative estimate of drug-likeness (QED) is 0.862. The fourth-order valence-corrected chi connectivity index (χ4v) is 2.10. The average Bonchev–Trinajstić information content (AvgIpc) is 2.73. The standard InChI is InChI=1S/C12H15BrN4O/c1-2-3-17-12(15-8-16-17)7-18-11-5-9(13)4-10(14)6-11/h4-6,8H,2-3,7,14H2,1H3. The van der Waals surface area contributed by atoms with Gasteiger partial charge in [-0.2, -0.15) is 5.10 Å². The molecule has 2 rings (SSSR count). The molecule has 0 fully saturated rings. The molecule has 0 unspecified atom stereocenters. The minimum atomic E-state index is 0.385. The van der Waals surface area contributed by atoms with Gasteiger partial charge in [0.1, 0.15) is 18.7 Å². The number of halogens is 1. The van der Waals surface area contributed by atoms with Crippen molar-refractivity contribution in [1.82, 2.24) is 14.8 Å². The Kier molecular flexibility index (Phi) is 4.19. The summed E-state index contributed by atoms with van der Waals surface area (Å²) in [4.78, 5) is 4.18. The third-order valence-corrected chi connectivity index (χ3v) is 2.85. The third-order valence-electron chi connectivity index (χ3n) is 2.39. The number of nitrogens with zero attached hydrogens (tertiary/aromatic N) is 3. The minimum Gasteiger partial charge on any atom is -0.486 e. The van der Waals surface area contributed by atoms with Crippen LogP contribution in [0.25, 0.3) is 0 Å². The molecule has 1 heterocycles. The highest BCUT2D eigenvalue weighted by atomic mass is 79.9. The van der Waals surface area contributed by atoms with E-state index in [4.69, 9.17) is 10.5 Å². The van der Waals surface area contributed by atoms with Crippen LogP contribution in [0.5, 0.6) is 5.75 Å². The van der Waals surface area contributed by atoms with E-state index in [1.165, 1.54) is 0 Å². The first-order valence-electron chi connectivity index (χ1n) is 5.74. The molecule has 0 spiro atoms. The minimum absolute atomic E-state index is 0.385. The monoisotopic (exact) mass is 310 g/mol. The van der Waals surface area contributed by atoms with Crippen molar-refractivity contribution in [3.63, 3.8) is 0 Å². The Labute approximate surface area is 114 Å². The molecule has 0 saturated heterocycles. The summed E-state index contributed by atoms with van der Waals surface area (Å²) in [5.74, 6) is 1.53. The fourth-order valence-electron chi connectivity index (χ4n) is 1.61. The van der Waals surface area contributed by atoms with Crippen molar-refractivity contribution in [3.8, 4) is 5.75 Å². The first kappa shape index (κ1) is 12.9. The van der Waals surface area contributed by atoms with E-state index >= 15 is 0 Å². The van der Waals surface area contributed by atoms with Gasteiger partial charge in [0.05, 0.1) is 0 Å². The van der Waals surface area contributed by atoms with Crippen LogP contribution in [0.15, 0.2) is 29.0 Å². The second kappa shape index (κ2) is 5.86. The van der Waals surface area contributed by atoms with E-state index in [9.17, 15) is 0 Å². The molecule has 0 aliphatic heterocycles. The zero-order valence-corrected chi connectivity index (χ0v) is 11.7. The van der Waals surface area contributed by atoms with Gasteiger partial charge in [0.25, 0.3) is 0 Å². The summed E-state index contributed by atoms with van der Waals surface area (Å²) in [6, 6.07) is 5.48. The number of rotatable bonds is 5. The first-order valence-corrected chi connectivity index (χ1v) is 6.54. The Hall–Kier alpha value is -1.56. The van der Waals surface area contributed by atoms with Gasteiger partial charge in [-0.05, 0) is 18.6 Å². The van der Waals surface area contributed by atoms with Crippen molar-refractivity contribution in [2.75, 3.05) is 5.73 Å². The van der Waals surface area contributed by atoms with E-state index in [1.807, 2.05) is 16.8 Å². The highest BCUT2D eigenvalue weighted by molar-refractivity contribution is 9.10. The molecule has 0 amide bonds. The van der Waals surface area contributed by atoms with E-state index in [2.05, 4.69) is 32.9 Å². The molecular formula is C12H15BrN4O. The number of ether oxygens (including phenoxy) is 1. The summed E-state index contributed by atoms with van der Waals surface area (Å²) in [6.45, 7) is 3.33. The molecule has 96 valence electrons. The van der Waals surface area contributed by atoms with Gasteiger partial charge in [-0.1, -0.05) is 22.9 Å². The molecule has 0 bridgehead atoms. The first-order chi connectivity index (χ1) is 8.69. The second-order valence-electron chi connectivity index (χ2n) is 3.91. The lowest BCUT2D eigenvalue weighted by Crippen LogP contribution is -2.08. The zero-order valence-electron chi connectivity index (χ0n) is 10.1. The van der Waals surface area contributed by atoms with Gasteiger partial charge in [0.2, 0.25) is 0 Å². The van der Waals surface area contributed by atoms with Crippen molar-refractivity contribution in [1.29, 1.82) is 0 Å². The predicted octanol–water partition coefficient (Wildman–Crippen LogP) is 2.61. The van der Waals surface area contributed by atoms with E-state index in [0.717, 1.165) is 23.3 Å². The molecule has 6 heteroatoms. The van der Waals surface area contributed by atoms with E-state index in [-0.39, 0.29) is 0 Å². The predicted molar refractivity (Wildman–Crippen MR) is 73.2 cm³/mol. The highest BCUT2D eigenvalue weighted by Crippen LogP contribution is 2.23. The summed E-state index contributed by atoms with van der Waals surface area (Å²) in [6.07, 6.45) is 2.56. The van der Waals surface area contributed by atoms with Gasteiger partial charge in [-0.3, -0.25) is 0 Å². The Morgan fingerprint density at radius 3 is 2.94 bits per heavy atom. The Morgan fingerprint density at radius 1 is 1.39 bits per heavy atom. The van der Waals surface area contributed by atoms with Crippen LogP contribution in [0.2, 0.25) is 0 Å². The topological polar surface area (TPSA) is 66.0 Å². The molecule has 0 aliphatic rings. The maximum Gasteiger partial charge on any atom is 0.164 e. The van der Waals surface area contributed by atoms with Gasteiger partial charge in [0, 0.05) is 22.8 Å². The smallest absolute Gasteiger partial charge is 0.164 e. The molecule has 0 atom stereocenters. The summed E-state index contributed by atoms with van der Waals surface area (Å²) in [5.41, 5.74) is 6.40. The normalized spacial score (nSPS) is 10.6. The molecule has 0 aliphatic carbocycles. The van der Waals surface area contributed by atoms with Gasteiger partial charge in [-0.25, -0.2) is 9.67 Å². The van der Waals surface area contributed by atoms with Gasteiger partial charge in [-0.15, -0.1) is 0 Å². The molecular weight excluding hydrogens is 296 g/mol. The van der Waals surface area contributed by atoms with Crippen LogP contribution in [0.1, 0.15) is 19.2 Å². The number of benzene rings is 1. The number of aromatic nitrogens is 3. The van der Waals surface area contributed by atoms with Crippen LogP contribution < -0.4 is 10.5 Å². The van der Waals surface area contributed by atoms with Gasteiger partial charge < -0.3 is 10.5 Å². The molecule has 0 saturated carbocycles. The molecule has 2 aromatic rings. The molecule has 1 aromatic carbocycles. The van der Waals surface area contributed by atoms with Crippen molar-refractivity contribution < 1.29 is 4.74 Å². The van der Waals surface area contributed by atoms with Crippen LogP contribution in [0.3, 0.4) is 0 Å². The highest BCUT2D eigenvalue weighted by Gasteiger charge is 2.05. The van der Waals surface area contributed by atoms with Crippen LogP contribution in [-0.4, -0.2) is 14.8 Å². The van der Waals surface area contributed by atoms with Gasteiger partial charge >= 0.3 is 0 Å². The number of aryl methyl sites for hydroxylation is 1. The maximum absolute atomic E-state index is 5.74. The molecule has 18 heavy (non-hydrogen) atoms. The van der Waals surface area contributed by atoms with Crippen LogP contribution >= 0.6 is 15.9 Å². The molecule has 1 aromatic heterocycles. The molecule has 0 radical (unpaired) electrons. The summed E-state index contributed by atoms with van der Waals surface area (Å²) < 4.78 is 8.41. The third kappa shape index (κ3) is 3.22. The SMILES string of the molecule is CCCn1ncnc1COc1cc(N)cc(Br)c1. The van der Waals surface area contributed by atoms with Crippen molar-refractivity contribution in [3.05, 3.63) is 34.8 Å².